The van der Waals surface area contributed by atoms with Gasteiger partial charge in [0.05, 0.1) is 6.10 Å². The lowest BCUT2D eigenvalue weighted by atomic mass is 10.1. The van der Waals surface area contributed by atoms with Crippen molar-refractivity contribution in [2.45, 2.75) is 25.0 Å². The average molecular weight is 113 g/mol. The maximum atomic E-state index is 9.18. The molecule has 3 atom stereocenters. The SMILES string of the molecule is O[C@@H]1C[C@H]2C[C@@H]1CN2. The normalized spacial score (nSPS) is 52.9. The molecule has 0 aromatic carbocycles. The van der Waals surface area contributed by atoms with Gasteiger partial charge in [-0.25, -0.2) is 0 Å². The largest absolute Gasteiger partial charge is 0.393 e. The lowest BCUT2D eigenvalue weighted by Crippen LogP contribution is -2.32. The van der Waals surface area contributed by atoms with Gasteiger partial charge in [0.1, 0.15) is 0 Å². The molecule has 1 aliphatic heterocycles. The van der Waals surface area contributed by atoms with Crippen LogP contribution in [0.25, 0.3) is 0 Å². The molecule has 0 spiro atoms. The van der Waals surface area contributed by atoms with E-state index in [0.29, 0.717) is 12.0 Å². The van der Waals surface area contributed by atoms with Gasteiger partial charge in [0, 0.05) is 12.6 Å². The Balaban J connectivity index is 2.11. The van der Waals surface area contributed by atoms with Crippen LogP contribution in [0.15, 0.2) is 0 Å². The topological polar surface area (TPSA) is 32.3 Å². The van der Waals surface area contributed by atoms with E-state index in [1.807, 2.05) is 0 Å². The highest BCUT2D eigenvalue weighted by Gasteiger charge is 2.37. The summed E-state index contributed by atoms with van der Waals surface area (Å²) >= 11 is 0. The lowest BCUT2D eigenvalue weighted by Gasteiger charge is -2.15. The van der Waals surface area contributed by atoms with Crippen LogP contribution in [0, 0.1) is 5.92 Å². The number of fused-ring (bicyclic) bond motifs is 2. The van der Waals surface area contributed by atoms with Crippen LogP contribution in [0.3, 0.4) is 0 Å². The number of nitrogens with one attached hydrogen (secondary N) is 1. The van der Waals surface area contributed by atoms with Crippen LogP contribution >= 0.6 is 0 Å². The third kappa shape index (κ3) is 0.501. The minimum atomic E-state index is 0.0150. The van der Waals surface area contributed by atoms with E-state index in [0.717, 1.165) is 13.0 Å². The summed E-state index contributed by atoms with van der Waals surface area (Å²) in [6, 6.07) is 0.648. The summed E-state index contributed by atoms with van der Waals surface area (Å²) in [6.07, 6.45) is 2.22. The van der Waals surface area contributed by atoms with Crippen molar-refractivity contribution in [3.63, 3.8) is 0 Å². The van der Waals surface area contributed by atoms with Crippen LogP contribution in [0.1, 0.15) is 12.8 Å². The van der Waals surface area contributed by atoms with Crippen LogP contribution in [-0.4, -0.2) is 23.8 Å². The number of rotatable bonds is 0. The van der Waals surface area contributed by atoms with Crippen molar-refractivity contribution in [3.05, 3.63) is 0 Å². The van der Waals surface area contributed by atoms with Gasteiger partial charge in [-0.1, -0.05) is 0 Å². The van der Waals surface area contributed by atoms with Gasteiger partial charge in [0.25, 0.3) is 0 Å². The minimum absolute atomic E-state index is 0.0150. The van der Waals surface area contributed by atoms with Gasteiger partial charge in [0.2, 0.25) is 0 Å². The molecule has 2 N–H and O–H groups in total. The summed E-state index contributed by atoms with van der Waals surface area (Å²) in [5.74, 6) is 0.583. The van der Waals surface area contributed by atoms with E-state index in [1.165, 1.54) is 6.42 Å². The van der Waals surface area contributed by atoms with Crippen LogP contribution in [0.4, 0.5) is 0 Å². The van der Waals surface area contributed by atoms with E-state index in [2.05, 4.69) is 5.32 Å². The Morgan fingerprint density at radius 3 is 2.50 bits per heavy atom. The van der Waals surface area contributed by atoms with E-state index in [1.54, 1.807) is 0 Å². The van der Waals surface area contributed by atoms with Crippen molar-refractivity contribution in [1.82, 2.24) is 5.32 Å². The average Bonchev–Trinajstić information content (AvgIpc) is 2.23. The first-order valence-corrected chi connectivity index (χ1v) is 3.28. The van der Waals surface area contributed by atoms with Gasteiger partial charge in [0.15, 0.2) is 0 Å². The van der Waals surface area contributed by atoms with E-state index >= 15 is 0 Å². The predicted octanol–water partition coefficient (Wildman–Crippen LogP) is -0.271. The number of hydrogen-bond donors (Lipinski definition) is 2. The first kappa shape index (κ1) is 4.77. The Hall–Kier alpha value is -0.0800. The molecule has 2 rings (SSSR count). The zero-order valence-electron chi connectivity index (χ0n) is 4.80. The second-order valence-electron chi connectivity index (χ2n) is 2.90. The Bertz CT molecular complexity index is 103. The van der Waals surface area contributed by atoms with Crippen molar-refractivity contribution in [2.75, 3.05) is 6.54 Å². The molecule has 1 aliphatic carbocycles. The smallest absolute Gasteiger partial charge is 0.0595 e. The second kappa shape index (κ2) is 1.45. The third-order valence-electron chi connectivity index (χ3n) is 2.33. The summed E-state index contributed by atoms with van der Waals surface area (Å²) in [7, 11) is 0. The highest BCUT2D eigenvalue weighted by molar-refractivity contribution is 4.94. The predicted molar refractivity (Wildman–Crippen MR) is 30.5 cm³/mol. The maximum absolute atomic E-state index is 9.18. The van der Waals surface area contributed by atoms with Crippen molar-refractivity contribution in [1.29, 1.82) is 0 Å². The Labute approximate surface area is 48.9 Å². The quantitative estimate of drug-likeness (QED) is 0.453. The van der Waals surface area contributed by atoms with Crippen molar-refractivity contribution < 1.29 is 5.11 Å². The van der Waals surface area contributed by atoms with Crippen molar-refractivity contribution in [3.8, 4) is 0 Å². The Morgan fingerprint density at radius 2 is 2.25 bits per heavy atom. The molecule has 8 heavy (non-hydrogen) atoms. The highest BCUT2D eigenvalue weighted by Crippen LogP contribution is 2.30. The van der Waals surface area contributed by atoms with E-state index < -0.39 is 0 Å². The molecule has 2 aliphatic rings. The number of piperidine rings is 1. The first-order chi connectivity index (χ1) is 3.86. The van der Waals surface area contributed by atoms with Gasteiger partial charge >= 0.3 is 0 Å². The molecule has 2 nitrogen and oxygen atoms in total. The molecular formula is C6H11NO. The van der Waals surface area contributed by atoms with Crippen LogP contribution in [-0.2, 0) is 0 Å². The zero-order valence-corrected chi connectivity index (χ0v) is 4.80. The van der Waals surface area contributed by atoms with Gasteiger partial charge in [-0.05, 0) is 18.8 Å². The van der Waals surface area contributed by atoms with Crippen molar-refractivity contribution in [2.24, 2.45) is 5.92 Å². The molecule has 2 fully saturated rings. The van der Waals surface area contributed by atoms with Gasteiger partial charge < -0.3 is 10.4 Å². The summed E-state index contributed by atoms with van der Waals surface area (Å²) in [5.41, 5.74) is 0. The highest BCUT2D eigenvalue weighted by atomic mass is 16.3. The molecule has 2 heteroatoms. The fourth-order valence-corrected chi connectivity index (χ4v) is 1.81. The third-order valence-corrected chi connectivity index (χ3v) is 2.33. The summed E-state index contributed by atoms with van der Waals surface area (Å²) in [6.45, 7) is 1.05. The first-order valence-electron chi connectivity index (χ1n) is 3.28. The fraction of sp³-hybridized carbons (Fsp3) is 1.00. The fourth-order valence-electron chi connectivity index (χ4n) is 1.81. The molecular weight excluding hydrogens is 102 g/mol. The zero-order chi connectivity index (χ0) is 5.56. The van der Waals surface area contributed by atoms with Crippen molar-refractivity contribution >= 4 is 0 Å². The van der Waals surface area contributed by atoms with Crippen LogP contribution < -0.4 is 5.32 Å². The molecule has 1 heterocycles. The molecule has 0 unspecified atom stereocenters. The second-order valence-corrected chi connectivity index (χ2v) is 2.90. The summed E-state index contributed by atoms with van der Waals surface area (Å²) < 4.78 is 0. The number of hydrogen-bond acceptors (Lipinski definition) is 2. The molecule has 0 aromatic rings. The van der Waals surface area contributed by atoms with Gasteiger partial charge in [-0.15, -0.1) is 0 Å². The van der Waals surface area contributed by atoms with E-state index in [-0.39, 0.29) is 6.10 Å². The standard InChI is InChI=1S/C6H11NO/c8-6-2-5-1-4(6)3-7-5/h4-8H,1-3H2/t4-,5-,6-/m1/s1. The molecule has 0 amide bonds. The van der Waals surface area contributed by atoms with E-state index in [9.17, 15) is 5.11 Å². The van der Waals surface area contributed by atoms with Crippen LogP contribution in [0.5, 0.6) is 0 Å². The number of aliphatic hydroxyl groups excluding tert-OH is 1. The summed E-state index contributed by atoms with van der Waals surface area (Å²) in [5, 5.41) is 12.5. The van der Waals surface area contributed by atoms with Gasteiger partial charge in [-0.2, -0.15) is 0 Å². The molecule has 1 saturated carbocycles. The lowest BCUT2D eigenvalue weighted by molar-refractivity contribution is 0.121. The number of aliphatic hydroxyl groups is 1. The molecule has 46 valence electrons. The molecule has 0 radical (unpaired) electrons. The Kier molecular flexibility index (Phi) is 0.866. The summed E-state index contributed by atoms with van der Waals surface area (Å²) in [4.78, 5) is 0. The maximum Gasteiger partial charge on any atom is 0.0595 e. The minimum Gasteiger partial charge on any atom is -0.393 e. The monoisotopic (exact) mass is 113 g/mol. The molecule has 1 saturated heterocycles. The Morgan fingerprint density at radius 1 is 1.38 bits per heavy atom. The van der Waals surface area contributed by atoms with E-state index in [4.69, 9.17) is 0 Å². The van der Waals surface area contributed by atoms with Crippen LogP contribution in [0.2, 0.25) is 0 Å². The molecule has 2 bridgehead atoms. The van der Waals surface area contributed by atoms with Gasteiger partial charge in [-0.3, -0.25) is 0 Å². The molecule has 0 aromatic heterocycles.